The van der Waals surface area contributed by atoms with Gasteiger partial charge in [-0.3, -0.25) is 10.1 Å². The molecule has 0 aliphatic carbocycles. The second-order valence-corrected chi connectivity index (χ2v) is 4.65. The van der Waals surface area contributed by atoms with Crippen LogP contribution in [-0.2, 0) is 4.74 Å². The fraction of sp³-hybridized carbons (Fsp3) is 0.636. The van der Waals surface area contributed by atoms with Crippen molar-refractivity contribution in [3.63, 3.8) is 0 Å². The number of ether oxygens (including phenoxy) is 1. The minimum Gasteiger partial charge on any atom is -0.377 e. The van der Waals surface area contributed by atoms with Gasteiger partial charge in [0.2, 0.25) is 11.8 Å². The lowest BCUT2D eigenvalue weighted by molar-refractivity contribution is -0.385. The van der Waals surface area contributed by atoms with E-state index in [4.69, 9.17) is 4.74 Å². The van der Waals surface area contributed by atoms with Crippen LogP contribution in [0.5, 0.6) is 0 Å². The van der Waals surface area contributed by atoms with E-state index in [0.29, 0.717) is 18.2 Å². The van der Waals surface area contributed by atoms with E-state index in [9.17, 15) is 10.1 Å². The van der Waals surface area contributed by atoms with Crippen molar-refractivity contribution in [2.45, 2.75) is 26.4 Å². The Balaban J connectivity index is 3.10. The molecule has 0 saturated heterocycles. The zero-order valence-electron chi connectivity index (χ0n) is 11.8. The Labute approximate surface area is 111 Å². The van der Waals surface area contributed by atoms with Crippen molar-refractivity contribution in [3.05, 3.63) is 15.8 Å². The van der Waals surface area contributed by atoms with Gasteiger partial charge in [-0.1, -0.05) is 0 Å². The van der Waals surface area contributed by atoms with Gasteiger partial charge < -0.3 is 15.4 Å². The summed E-state index contributed by atoms with van der Waals surface area (Å²) < 4.78 is 5.26. The molecule has 106 valence electrons. The van der Waals surface area contributed by atoms with E-state index in [2.05, 4.69) is 20.6 Å². The molecule has 0 aliphatic heterocycles. The van der Waals surface area contributed by atoms with E-state index >= 15 is 0 Å². The molecule has 0 saturated carbocycles. The zero-order valence-corrected chi connectivity index (χ0v) is 11.8. The summed E-state index contributed by atoms with van der Waals surface area (Å²) in [6.45, 7) is 5.72. The first kappa shape index (κ1) is 15.1. The maximum absolute atomic E-state index is 11.1. The summed E-state index contributed by atoms with van der Waals surface area (Å²) in [4.78, 5) is 18.7. The first-order valence-corrected chi connectivity index (χ1v) is 5.80. The van der Waals surface area contributed by atoms with Gasteiger partial charge in [0.05, 0.1) is 10.5 Å². The third-order valence-corrected chi connectivity index (χ3v) is 2.70. The zero-order chi connectivity index (χ0) is 14.6. The molecule has 8 nitrogen and oxygen atoms in total. The van der Waals surface area contributed by atoms with Crippen molar-refractivity contribution in [1.29, 1.82) is 0 Å². The van der Waals surface area contributed by atoms with Crippen molar-refractivity contribution in [1.82, 2.24) is 9.97 Å². The SMILES string of the molecule is CNc1nc(C)c([N+](=O)[O-])c(NCC(C)(C)OC)n1. The highest BCUT2D eigenvalue weighted by Gasteiger charge is 2.24. The standard InChI is InChI=1S/C11H19N5O3/c1-7-8(16(17)18)9(15-10(12-4)14-7)13-6-11(2,3)19-5/h6H2,1-5H3,(H2,12,13,14,15). The number of anilines is 2. The second kappa shape index (κ2) is 5.79. The number of hydrogen-bond donors (Lipinski definition) is 2. The van der Waals surface area contributed by atoms with E-state index in [1.54, 1.807) is 21.1 Å². The number of nitro groups is 1. The Morgan fingerprint density at radius 3 is 2.53 bits per heavy atom. The number of nitrogens with zero attached hydrogens (tertiary/aromatic N) is 3. The van der Waals surface area contributed by atoms with Gasteiger partial charge in [-0.25, -0.2) is 4.98 Å². The minimum atomic E-state index is -0.489. The smallest absolute Gasteiger partial charge is 0.332 e. The number of rotatable bonds is 6. The van der Waals surface area contributed by atoms with Gasteiger partial charge in [0.25, 0.3) is 0 Å². The van der Waals surface area contributed by atoms with Crippen LogP contribution in [0.25, 0.3) is 0 Å². The van der Waals surface area contributed by atoms with Crippen LogP contribution in [0, 0.1) is 17.0 Å². The lowest BCUT2D eigenvalue weighted by Crippen LogP contribution is -2.32. The summed E-state index contributed by atoms with van der Waals surface area (Å²) in [6.07, 6.45) is 0. The van der Waals surface area contributed by atoms with Crippen molar-refractivity contribution >= 4 is 17.5 Å². The predicted octanol–water partition coefficient (Wildman–Crippen LogP) is 1.57. The molecule has 0 amide bonds. The molecular formula is C11H19N5O3. The Hall–Kier alpha value is -1.96. The van der Waals surface area contributed by atoms with Crippen LogP contribution in [0.1, 0.15) is 19.5 Å². The van der Waals surface area contributed by atoms with Crippen molar-refractivity contribution in [3.8, 4) is 0 Å². The van der Waals surface area contributed by atoms with E-state index in [0.717, 1.165) is 0 Å². The first-order chi connectivity index (χ1) is 8.80. The highest BCUT2D eigenvalue weighted by atomic mass is 16.6. The van der Waals surface area contributed by atoms with Gasteiger partial charge in [-0.15, -0.1) is 0 Å². The van der Waals surface area contributed by atoms with Crippen LogP contribution in [0.3, 0.4) is 0 Å². The van der Waals surface area contributed by atoms with Crippen LogP contribution in [0.2, 0.25) is 0 Å². The molecule has 0 fully saturated rings. The predicted molar refractivity (Wildman–Crippen MR) is 72.5 cm³/mol. The summed E-state index contributed by atoms with van der Waals surface area (Å²) in [5.41, 5.74) is -0.264. The third kappa shape index (κ3) is 3.75. The van der Waals surface area contributed by atoms with Crippen molar-refractivity contribution in [2.75, 3.05) is 31.3 Å². The Bertz CT molecular complexity index is 476. The van der Waals surface area contributed by atoms with E-state index in [-0.39, 0.29) is 11.5 Å². The van der Waals surface area contributed by atoms with Gasteiger partial charge in [0, 0.05) is 20.7 Å². The molecule has 0 unspecified atom stereocenters. The fourth-order valence-electron chi connectivity index (χ4n) is 1.39. The summed E-state index contributed by atoms with van der Waals surface area (Å²) >= 11 is 0. The molecule has 0 aromatic carbocycles. The van der Waals surface area contributed by atoms with Crippen LogP contribution >= 0.6 is 0 Å². The molecule has 1 aromatic heterocycles. The molecule has 2 N–H and O–H groups in total. The maximum atomic E-state index is 11.1. The first-order valence-electron chi connectivity index (χ1n) is 5.80. The Kier molecular flexibility index (Phi) is 4.60. The number of aryl methyl sites for hydroxylation is 1. The average molecular weight is 269 g/mol. The maximum Gasteiger partial charge on any atom is 0.332 e. The Morgan fingerprint density at radius 1 is 1.42 bits per heavy atom. The average Bonchev–Trinajstić information content (AvgIpc) is 2.35. The largest absolute Gasteiger partial charge is 0.377 e. The third-order valence-electron chi connectivity index (χ3n) is 2.70. The molecular weight excluding hydrogens is 250 g/mol. The van der Waals surface area contributed by atoms with Crippen molar-refractivity contribution < 1.29 is 9.66 Å². The number of methoxy groups -OCH3 is 1. The van der Waals surface area contributed by atoms with Gasteiger partial charge in [-0.05, 0) is 20.8 Å². The summed E-state index contributed by atoms with van der Waals surface area (Å²) in [5, 5.41) is 16.8. The van der Waals surface area contributed by atoms with Crippen LogP contribution in [0.15, 0.2) is 0 Å². The van der Waals surface area contributed by atoms with E-state index < -0.39 is 10.5 Å². The van der Waals surface area contributed by atoms with Gasteiger partial charge in [0.15, 0.2) is 0 Å². The summed E-state index contributed by atoms with van der Waals surface area (Å²) in [6, 6.07) is 0. The second-order valence-electron chi connectivity index (χ2n) is 4.65. The molecule has 0 spiro atoms. The summed E-state index contributed by atoms with van der Waals surface area (Å²) in [5.74, 6) is 0.521. The molecule has 0 bridgehead atoms. The van der Waals surface area contributed by atoms with Gasteiger partial charge in [0.1, 0.15) is 5.69 Å². The van der Waals surface area contributed by atoms with Crippen LogP contribution in [-0.4, -0.2) is 41.2 Å². The number of nitrogens with one attached hydrogen (secondary N) is 2. The quantitative estimate of drug-likeness (QED) is 0.597. The molecule has 1 rings (SSSR count). The minimum absolute atomic E-state index is 0.120. The molecule has 0 aliphatic rings. The van der Waals surface area contributed by atoms with Crippen LogP contribution in [0.4, 0.5) is 17.5 Å². The molecule has 0 atom stereocenters. The lowest BCUT2D eigenvalue weighted by Gasteiger charge is -2.23. The van der Waals surface area contributed by atoms with Gasteiger partial charge >= 0.3 is 5.69 Å². The normalized spacial score (nSPS) is 11.2. The van der Waals surface area contributed by atoms with Crippen LogP contribution < -0.4 is 10.6 Å². The van der Waals surface area contributed by atoms with Gasteiger partial charge in [-0.2, -0.15) is 4.98 Å². The topological polar surface area (TPSA) is 102 Å². The summed E-state index contributed by atoms with van der Waals surface area (Å²) in [7, 11) is 3.24. The number of hydrogen-bond acceptors (Lipinski definition) is 7. The number of aromatic nitrogens is 2. The molecule has 1 heterocycles. The highest BCUT2D eigenvalue weighted by molar-refractivity contribution is 5.60. The molecule has 1 aromatic rings. The highest BCUT2D eigenvalue weighted by Crippen LogP contribution is 2.27. The van der Waals surface area contributed by atoms with E-state index in [1.807, 2.05) is 13.8 Å². The fourth-order valence-corrected chi connectivity index (χ4v) is 1.39. The van der Waals surface area contributed by atoms with E-state index in [1.165, 1.54) is 0 Å². The lowest BCUT2D eigenvalue weighted by atomic mass is 10.1. The van der Waals surface area contributed by atoms with Crippen molar-refractivity contribution in [2.24, 2.45) is 0 Å². The Morgan fingerprint density at radius 2 is 2.05 bits per heavy atom. The molecule has 0 radical (unpaired) electrons. The molecule has 19 heavy (non-hydrogen) atoms. The molecule has 8 heteroatoms. The monoisotopic (exact) mass is 269 g/mol.